The number of carbonyl (C=O) groups is 1. The highest BCUT2D eigenvalue weighted by molar-refractivity contribution is 5.93. The van der Waals surface area contributed by atoms with Crippen LogP contribution in [0.25, 0.3) is 10.9 Å². The number of anilines is 1. The molecule has 0 saturated heterocycles. The quantitative estimate of drug-likeness (QED) is 0.499. The largest absolute Gasteiger partial charge is 0.494 e. The second-order valence-electron chi connectivity index (χ2n) is 7.06. The molecule has 152 valence electrons. The number of para-hydroxylation sites is 1. The van der Waals surface area contributed by atoms with Crippen LogP contribution in [0.1, 0.15) is 39.0 Å². The number of amides is 1. The molecule has 0 fully saturated rings. The molecule has 1 heterocycles. The predicted octanol–water partition coefficient (Wildman–Crippen LogP) is 4.91. The smallest absolute Gasteiger partial charge is 0.248 e. The molecule has 0 saturated carbocycles. The molecule has 1 amide bonds. The predicted molar refractivity (Wildman–Crippen MR) is 118 cm³/mol. The molecule has 3 rings (SSSR count). The first-order valence-corrected chi connectivity index (χ1v) is 10.3. The summed E-state index contributed by atoms with van der Waals surface area (Å²) in [6, 6.07) is 18.8. The third-order valence-corrected chi connectivity index (χ3v) is 4.93. The lowest BCUT2D eigenvalue weighted by molar-refractivity contribution is -0.118. The molecular formula is C24H28N2O3. The molecule has 0 spiro atoms. The third kappa shape index (κ3) is 5.95. The Morgan fingerprint density at radius 1 is 0.966 bits per heavy atom. The first kappa shape index (κ1) is 20.6. The highest BCUT2D eigenvalue weighted by atomic mass is 16.5. The van der Waals surface area contributed by atoms with Crippen molar-refractivity contribution in [3.05, 3.63) is 71.0 Å². The van der Waals surface area contributed by atoms with Gasteiger partial charge in [0.05, 0.1) is 6.61 Å². The zero-order valence-corrected chi connectivity index (χ0v) is 16.9. The number of benzene rings is 2. The van der Waals surface area contributed by atoms with Gasteiger partial charge in [0.2, 0.25) is 11.5 Å². The van der Waals surface area contributed by atoms with Gasteiger partial charge in [-0.2, -0.15) is 0 Å². The van der Waals surface area contributed by atoms with Crippen LogP contribution in [-0.2, 0) is 4.79 Å². The van der Waals surface area contributed by atoms with Crippen molar-refractivity contribution in [1.82, 2.24) is 4.98 Å². The normalized spacial score (nSPS) is 10.8. The Morgan fingerprint density at radius 2 is 1.76 bits per heavy atom. The number of aromatic nitrogens is 1. The Hall–Kier alpha value is -3.08. The monoisotopic (exact) mass is 392 g/mol. The zero-order valence-electron chi connectivity index (χ0n) is 16.9. The van der Waals surface area contributed by atoms with Crippen LogP contribution in [-0.4, -0.2) is 24.0 Å². The molecule has 0 unspecified atom stereocenters. The lowest BCUT2D eigenvalue weighted by Gasteiger charge is -2.21. The SMILES string of the molecule is CCN(C(=O)CCCCCCOc1ccc2[nH]c(=O)ccc2c1)c1ccccc1. The minimum atomic E-state index is -0.101. The number of carbonyl (C=O) groups excluding carboxylic acids is 1. The fourth-order valence-electron chi connectivity index (χ4n) is 3.39. The van der Waals surface area contributed by atoms with E-state index in [-0.39, 0.29) is 11.5 Å². The van der Waals surface area contributed by atoms with E-state index in [4.69, 9.17) is 4.74 Å². The number of nitrogens with one attached hydrogen (secondary N) is 1. The summed E-state index contributed by atoms with van der Waals surface area (Å²) in [4.78, 5) is 28.4. The number of rotatable bonds is 10. The molecular weight excluding hydrogens is 364 g/mol. The van der Waals surface area contributed by atoms with Crippen molar-refractivity contribution in [3.63, 3.8) is 0 Å². The van der Waals surface area contributed by atoms with Crippen LogP contribution in [0.15, 0.2) is 65.5 Å². The highest BCUT2D eigenvalue weighted by Gasteiger charge is 2.12. The number of hydrogen-bond donors (Lipinski definition) is 1. The highest BCUT2D eigenvalue weighted by Crippen LogP contribution is 2.19. The van der Waals surface area contributed by atoms with Gasteiger partial charge in [0.15, 0.2) is 0 Å². The summed E-state index contributed by atoms with van der Waals surface area (Å²) >= 11 is 0. The van der Waals surface area contributed by atoms with Gasteiger partial charge in [0.1, 0.15) is 5.75 Å². The summed E-state index contributed by atoms with van der Waals surface area (Å²) in [5.74, 6) is 0.991. The molecule has 0 aliphatic heterocycles. The fourth-order valence-corrected chi connectivity index (χ4v) is 3.39. The van der Waals surface area contributed by atoms with Crippen molar-refractivity contribution in [3.8, 4) is 5.75 Å². The second kappa shape index (κ2) is 10.5. The average Bonchev–Trinajstić information content (AvgIpc) is 2.74. The van der Waals surface area contributed by atoms with Gasteiger partial charge in [-0.1, -0.05) is 31.0 Å². The summed E-state index contributed by atoms with van der Waals surface area (Å²) < 4.78 is 5.82. The Balaban J connectivity index is 1.34. The van der Waals surface area contributed by atoms with Crippen molar-refractivity contribution in [2.75, 3.05) is 18.1 Å². The van der Waals surface area contributed by atoms with Gasteiger partial charge in [-0.3, -0.25) is 9.59 Å². The van der Waals surface area contributed by atoms with Crippen LogP contribution in [0.3, 0.4) is 0 Å². The van der Waals surface area contributed by atoms with Gasteiger partial charge in [-0.15, -0.1) is 0 Å². The van der Waals surface area contributed by atoms with Crippen molar-refractivity contribution in [2.24, 2.45) is 0 Å². The van der Waals surface area contributed by atoms with Crippen molar-refractivity contribution in [2.45, 2.75) is 39.0 Å². The minimum absolute atomic E-state index is 0.101. The number of unbranched alkanes of at least 4 members (excludes halogenated alkanes) is 3. The van der Waals surface area contributed by atoms with Gasteiger partial charge < -0.3 is 14.6 Å². The Labute approximate surface area is 171 Å². The van der Waals surface area contributed by atoms with Crippen molar-refractivity contribution < 1.29 is 9.53 Å². The molecule has 0 atom stereocenters. The van der Waals surface area contributed by atoms with Crippen LogP contribution >= 0.6 is 0 Å². The molecule has 0 radical (unpaired) electrons. The number of pyridine rings is 1. The molecule has 0 bridgehead atoms. The van der Waals surface area contributed by atoms with Gasteiger partial charge in [-0.25, -0.2) is 0 Å². The fraction of sp³-hybridized carbons (Fsp3) is 0.333. The molecule has 0 aliphatic rings. The molecule has 5 heteroatoms. The third-order valence-electron chi connectivity index (χ3n) is 4.93. The number of fused-ring (bicyclic) bond motifs is 1. The van der Waals surface area contributed by atoms with E-state index in [9.17, 15) is 9.59 Å². The zero-order chi connectivity index (χ0) is 20.5. The number of aromatic amines is 1. The minimum Gasteiger partial charge on any atom is -0.494 e. The molecule has 29 heavy (non-hydrogen) atoms. The number of nitrogens with zero attached hydrogens (tertiary/aromatic N) is 1. The van der Waals surface area contributed by atoms with E-state index >= 15 is 0 Å². The lowest BCUT2D eigenvalue weighted by Crippen LogP contribution is -2.30. The van der Waals surface area contributed by atoms with E-state index in [0.29, 0.717) is 19.6 Å². The molecule has 5 nitrogen and oxygen atoms in total. The average molecular weight is 392 g/mol. The van der Waals surface area contributed by atoms with E-state index in [2.05, 4.69) is 4.98 Å². The molecule has 3 aromatic rings. The maximum atomic E-state index is 12.5. The number of ether oxygens (including phenoxy) is 1. The topological polar surface area (TPSA) is 62.4 Å². The second-order valence-corrected chi connectivity index (χ2v) is 7.06. The van der Waals surface area contributed by atoms with E-state index in [1.165, 1.54) is 6.07 Å². The van der Waals surface area contributed by atoms with Crippen LogP contribution in [0.5, 0.6) is 5.75 Å². The van der Waals surface area contributed by atoms with Crippen LogP contribution in [0.2, 0.25) is 0 Å². The van der Waals surface area contributed by atoms with Gasteiger partial charge in [0.25, 0.3) is 0 Å². The van der Waals surface area contributed by atoms with Crippen LogP contribution in [0, 0.1) is 0 Å². The first-order chi connectivity index (χ1) is 14.2. The summed E-state index contributed by atoms with van der Waals surface area (Å²) in [5.41, 5.74) is 1.68. The van der Waals surface area contributed by atoms with Crippen LogP contribution in [0.4, 0.5) is 5.69 Å². The standard InChI is InChI=1S/C24H28N2O3/c1-2-26(20-10-6-5-7-11-20)24(28)12-8-3-4-9-17-29-21-14-15-22-19(18-21)13-16-23(27)25-22/h5-7,10-11,13-16,18H,2-4,8-9,12,17H2,1H3,(H,25,27). The number of H-pyrrole nitrogens is 1. The summed E-state index contributed by atoms with van der Waals surface area (Å²) in [6.07, 6.45) is 4.47. The first-order valence-electron chi connectivity index (χ1n) is 10.3. The molecule has 1 aromatic heterocycles. The van der Waals surface area contributed by atoms with Gasteiger partial charge >= 0.3 is 0 Å². The lowest BCUT2D eigenvalue weighted by atomic mass is 10.1. The van der Waals surface area contributed by atoms with Crippen molar-refractivity contribution >= 4 is 22.5 Å². The maximum Gasteiger partial charge on any atom is 0.248 e. The Kier molecular flexibility index (Phi) is 7.45. The van der Waals surface area contributed by atoms with Gasteiger partial charge in [-0.05, 0) is 56.2 Å². The molecule has 0 aliphatic carbocycles. The summed E-state index contributed by atoms with van der Waals surface area (Å²) in [7, 11) is 0. The van der Waals surface area contributed by atoms with Crippen molar-refractivity contribution in [1.29, 1.82) is 0 Å². The molecule has 1 N–H and O–H groups in total. The molecule has 2 aromatic carbocycles. The van der Waals surface area contributed by atoms with E-state index in [1.807, 2.05) is 60.4 Å². The summed E-state index contributed by atoms with van der Waals surface area (Å²) in [5, 5.41) is 0.958. The summed E-state index contributed by atoms with van der Waals surface area (Å²) in [6.45, 7) is 3.34. The van der Waals surface area contributed by atoms with Gasteiger partial charge in [0, 0.05) is 35.6 Å². The maximum absolute atomic E-state index is 12.5. The van der Waals surface area contributed by atoms with E-state index in [0.717, 1.165) is 48.0 Å². The number of hydrogen-bond acceptors (Lipinski definition) is 3. The van der Waals surface area contributed by atoms with E-state index in [1.54, 1.807) is 6.07 Å². The van der Waals surface area contributed by atoms with E-state index < -0.39 is 0 Å². The Bertz CT molecular complexity index is 982. The Morgan fingerprint density at radius 3 is 2.55 bits per heavy atom. The van der Waals surface area contributed by atoms with Crippen LogP contribution < -0.4 is 15.2 Å².